The number of likely N-dealkylation sites (tertiary alicyclic amines) is 1. The Morgan fingerprint density at radius 1 is 1.09 bits per heavy atom. The fourth-order valence-corrected chi connectivity index (χ4v) is 7.18. The Kier molecular flexibility index (Phi) is 7.37. The Morgan fingerprint density at radius 3 is 2.77 bits per heavy atom. The lowest BCUT2D eigenvalue weighted by molar-refractivity contribution is -0.136. The number of carbonyl (C=O) groups is 3. The van der Waals surface area contributed by atoms with E-state index in [9.17, 15) is 14.4 Å². The second kappa shape index (κ2) is 11.2. The normalized spacial score (nSPS) is 25.4. The van der Waals surface area contributed by atoms with Crippen LogP contribution in [-0.4, -0.2) is 69.9 Å². The minimum Gasteiger partial charge on any atom is -0.489 e. The van der Waals surface area contributed by atoms with Gasteiger partial charge in [-0.15, -0.1) is 0 Å². The van der Waals surface area contributed by atoms with E-state index in [1.807, 2.05) is 24.3 Å². The maximum atomic E-state index is 15.3. The zero-order valence-corrected chi connectivity index (χ0v) is 25.1. The minimum absolute atomic E-state index is 0.0327. The summed E-state index contributed by atoms with van der Waals surface area (Å²) >= 11 is 0. The van der Waals surface area contributed by atoms with Crippen molar-refractivity contribution >= 4 is 28.6 Å². The van der Waals surface area contributed by atoms with Crippen LogP contribution in [0.1, 0.15) is 79.0 Å². The maximum absolute atomic E-state index is 15.3. The van der Waals surface area contributed by atoms with E-state index in [0.29, 0.717) is 49.5 Å². The molecule has 4 aliphatic heterocycles. The van der Waals surface area contributed by atoms with Gasteiger partial charge in [0.1, 0.15) is 29.2 Å². The summed E-state index contributed by atoms with van der Waals surface area (Å²) in [7, 11) is 0. The summed E-state index contributed by atoms with van der Waals surface area (Å²) in [6, 6.07) is 12.4. The average molecular weight is 601 g/mol. The van der Waals surface area contributed by atoms with E-state index >= 15 is 4.39 Å². The van der Waals surface area contributed by atoms with E-state index in [4.69, 9.17) is 14.5 Å². The van der Waals surface area contributed by atoms with Crippen LogP contribution in [0.3, 0.4) is 0 Å². The van der Waals surface area contributed by atoms with Gasteiger partial charge in [-0.2, -0.15) is 0 Å². The Labute approximate surface area is 255 Å². The molecule has 5 heterocycles. The molecule has 0 unspecified atom stereocenters. The fourth-order valence-electron chi connectivity index (χ4n) is 7.18. The number of benzene rings is 2. The van der Waals surface area contributed by atoms with E-state index in [-0.39, 0.29) is 41.7 Å². The predicted octanol–water partition coefficient (Wildman–Crippen LogP) is 4.46. The summed E-state index contributed by atoms with van der Waals surface area (Å²) < 4.78 is 27.5. The number of halogens is 1. The number of piperidine rings is 1. The average Bonchev–Trinajstić information content (AvgIpc) is 3.55. The topological polar surface area (TPSA) is 101 Å². The van der Waals surface area contributed by atoms with Gasteiger partial charge in [0.2, 0.25) is 11.8 Å². The lowest BCUT2D eigenvalue weighted by Gasteiger charge is -2.35. The number of fused-ring (bicyclic) bond motifs is 2. The van der Waals surface area contributed by atoms with E-state index < -0.39 is 11.9 Å². The zero-order valence-electron chi connectivity index (χ0n) is 25.1. The molecule has 0 bridgehead atoms. The van der Waals surface area contributed by atoms with Crippen molar-refractivity contribution in [2.45, 2.75) is 82.7 Å². The highest BCUT2D eigenvalue weighted by molar-refractivity contribution is 6.05. The predicted molar refractivity (Wildman–Crippen MR) is 161 cm³/mol. The van der Waals surface area contributed by atoms with Crippen molar-refractivity contribution in [2.75, 3.05) is 19.7 Å². The number of imide groups is 1. The first kappa shape index (κ1) is 28.9. The lowest BCUT2D eigenvalue weighted by atomic mass is 9.86. The van der Waals surface area contributed by atoms with Crippen LogP contribution in [0.5, 0.6) is 5.75 Å². The first-order valence-electron chi connectivity index (χ1n) is 15.5. The van der Waals surface area contributed by atoms with Gasteiger partial charge in [0.05, 0.1) is 5.60 Å². The molecule has 9 nitrogen and oxygen atoms in total. The van der Waals surface area contributed by atoms with Gasteiger partial charge in [0.15, 0.2) is 0 Å². The number of hydrogen-bond acceptors (Lipinski definition) is 7. The Morgan fingerprint density at radius 2 is 1.95 bits per heavy atom. The van der Waals surface area contributed by atoms with Gasteiger partial charge in [-0.3, -0.25) is 24.6 Å². The number of aromatic nitrogens is 1. The highest BCUT2D eigenvalue weighted by Gasteiger charge is 2.39. The van der Waals surface area contributed by atoms with Crippen molar-refractivity contribution < 1.29 is 28.2 Å². The van der Waals surface area contributed by atoms with Crippen molar-refractivity contribution in [3.05, 3.63) is 70.7 Å². The molecule has 10 heteroatoms. The number of rotatable bonds is 6. The van der Waals surface area contributed by atoms with Crippen molar-refractivity contribution in [3.8, 4) is 5.75 Å². The molecule has 0 aliphatic carbocycles. The third kappa shape index (κ3) is 5.68. The summed E-state index contributed by atoms with van der Waals surface area (Å²) in [5.41, 5.74) is 3.44. The van der Waals surface area contributed by atoms with Gasteiger partial charge < -0.3 is 14.4 Å². The number of ether oxygens (including phenoxy) is 2. The molecule has 2 aromatic carbocycles. The van der Waals surface area contributed by atoms with Crippen molar-refractivity contribution in [2.24, 2.45) is 0 Å². The van der Waals surface area contributed by atoms with E-state index in [2.05, 4.69) is 24.1 Å². The first-order valence-corrected chi connectivity index (χ1v) is 15.5. The van der Waals surface area contributed by atoms with Crippen LogP contribution in [0.25, 0.3) is 10.9 Å². The molecule has 0 radical (unpaired) electrons. The molecule has 3 aromatic rings. The van der Waals surface area contributed by atoms with Gasteiger partial charge in [0, 0.05) is 61.8 Å². The van der Waals surface area contributed by atoms with Crippen LogP contribution in [0.2, 0.25) is 0 Å². The number of hydrogen-bond donors (Lipinski definition) is 1. The molecule has 230 valence electrons. The van der Waals surface area contributed by atoms with Crippen LogP contribution in [0, 0.1) is 5.82 Å². The third-order valence-electron chi connectivity index (χ3n) is 9.38. The summed E-state index contributed by atoms with van der Waals surface area (Å²) in [6.45, 7) is 7.33. The number of pyridine rings is 1. The number of amides is 3. The van der Waals surface area contributed by atoms with Gasteiger partial charge in [-0.25, -0.2) is 9.37 Å². The van der Waals surface area contributed by atoms with E-state index in [1.54, 1.807) is 18.2 Å². The maximum Gasteiger partial charge on any atom is 0.255 e. The molecular weight excluding hydrogens is 563 g/mol. The largest absolute Gasteiger partial charge is 0.489 e. The lowest BCUT2D eigenvalue weighted by Crippen LogP contribution is -2.52. The molecule has 3 amide bonds. The van der Waals surface area contributed by atoms with Gasteiger partial charge >= 0.3 is 0 Å². The number of nitrogens with one attached hydrogen (secondary N) is 1. The molecule has 3 saturated heterocycles. The number of nitrogens with zero attached hydrogens (tertiary/aromatic N) is 3. The summed E-state index contributed by atoms with van der Waals surface area (Å²) in [4.78, 5) is 45.4. The van der Waals surface area contributed by atoms with Crippen LogP contribution >= 0.6 is 0 Å². The molecule has 3 fully saturated rings. The second-order valence-electron chi connectivity index (χ2n) is 13.2. The van der Waals surface area contributed by atoms with Crippen LogP contribution < -0.4 is 10.1 Å². The quantitative estimate of drug-likeness (QED) is 0.417. The van der Waals surface area contributed by atoms with Gasteiger partial charge in [-0.1, -0.05) is 6.07 Å². The van der Waals surface area contributed by atoms with E-state index in [1.165, 1.54) is 4.90 Å². The molecule has 1 aromatic heterocycles. The molecule has 4 aliphatic rings. The Balaban J connectivity index is 0.976. The second-order valence-corrected chi connectivity index (χ2v) is 13.2. The SMILES string of the molecule is CC1(C)C[C@@H](c2ccc3cc(CN4CC[C@H](Oc5ccc6c(c5)CN([C@H]5CCC(=O)NC5=O)C6=O)C4)cc(F)c3n2)CCO1. The highest BCUT2D eigenvalue weighted by Crippen LogP contribution is 2.36. The molecule has 44 heavy (non-hydrogen) atoms. The van der Waals surface area contributed by atoms with Crippen LogP contribution in [0.15, 0.2) is 42.5 Å². The van der Waals surface area contributed by atoms with E-state index in [0.717, 1.165) is 48.0 Å². The third-order valence-corrected chi connectivity index (χ3v) is 9.38. The van der Waals surface area contributed by atoms with Gasteiger partial charge in [-0.05, 0) is 87.1 Å². The van der Waals surface area contributed by atoms with Crippen molar-refractivity contribution in [1.29, 1.82) is 0 Å². The molecule has 0 saturated carbocycles. The molecule has 1 N–H and O–H groups in total. The summed E-state index contributed by atoms with van der Waals surface area (Å²) in [5.74, 6) is -0.273. The molecule has 7 rings (SSSR count). The monoisotopic (exact) mass is 600 g/mol. The fraction of sp³-hybridized carbons (Fsp3) is 0.471. The number of carbonyl (C=O) groups excluding carboxylic acids is 3. The molecular formula is C34H37FN4O5. The Hall–Kier alpha value is -3.89. The highest BCUT2D eigenvalue weighted by atomic mass is 19.1. The first-order chi connectivity index (χ1) is 21.1. The smallest absolute Gasteiger partial charge is 0.255 e. The summed E-state index contributed by atoms with van der Waals surface area (Å²) in [5, 5.41) is 3.14. The zero-order chi connectivity index (χ0) is 30.6. The minimum atomic E-state index is -0.641. The van der Waals surface area contributed by atoms with Crippen molar-refractivity contribution in [3.63, 3.8) is 0 Å². The Bertz CT molecular complexity index is 1660. The van der Waals surface area contributed by atoms with Crippen molar-refractivity contribution in [1.82, 2.24) is 20.1 Å². The van der Waals surface area contributed by atoms with Gasteiger partial charge in [0.25, 0.3) is 5.91 Å². The van der Waals surface area contributed by atoms with Crippen LogP contribution in [0.4, 0.5) is 4.39 Å². The van der Waals surface area contributed by atoms with Crippen LogP contribution in [-0.2, 0) is 27.4 Å². The molecule has 0 spiro atoms. The molecule has 3 atom stereocenters. The summed E-state index contributed by atoms with van der Waals surface area (Å²) in [6.07, 6.45) is 3.12. The standard InChI is InChI=1S/C34H37FN4O5/c1-34(2)16-22(10-12-43-34)28-6-3-21-13-20(14-27(35)31(21)36-28)17-38-11-9-25(19-38)44-24-4-5-26-23(15-24)18-39(33(26)42)29-7-8-30(40)37-32(29)41/h3-6,13-15,22,25,29H,7-12,16-19H2,1-2H3,(H,37,40,41)/t22-,25-,29-/m0/s1.